The van der Waals surface area contributed by atoms with E-state index in [2.05, 4.69) is 0 Å². The molecule has 1 aromatic heterocycles. The van der Waals surface area contributed by atoms with Gasteiger partial charge in [-0.15, -0.1) is 0 Å². The molecule has 3 rings (SSSR count). The number of hydrogen-bond acceptors (Lipinski definition) is 3. The summed E-state index contributed by atoms with van der Waals surface area (Å²) in [5, 5.41) is 1.60. The second-order valence-corrected chi connectivity index (χ2v) is 5.46. The molecular formula is C14H16ClNO2. The molecule has 2 heterocycles. The SMILES string of the molecule is CC1(C(N)c2cc3cccc(Cl)c3o2)CCCO1. The topological polar surface area (TPSA) is 48.4 Å². The molecule has 4 heteroatoms. The van der Waals surface area contributed by atoms with E-state index < -0.39 is 0 Å². The summed E-state index contributed by atoms with van der Waals surface area (Å²) in [4.78, 5) is 0. The van der Waals surface area contributed by atoms with Gasteiger partial charge in [-0.3, -0.25) is 0 Å². The maximum atomic E-state index is 6.29. The quantitative estimate of drug-likeness (QED) is 0.902. The van der Waals surface area contributed by atoms with Crippen molar-refractivity contribution in [2.45, 2.75) is 31.4 Å². The standard InChI is InChI=1S/C14H16ClNO2/c1-14(6-3-7-17-14)13(16)11-8-9-4-2-5-10(15)12(9)18-11/h2,4-5,8,13H,3,6-7,16H2,1H3. The van der Waals surface area contributed by atoms with Crippen LogP contribution >= 0.6 is 11.6 Å². The minimum atomic E-state index is -0.333. The Morgan fingerprint density at radius 3 is 2.94 bits per heavy atom. The highest BCUT2D eigenvalue weighted by Crippen LogP contribution is 2.38. The molecule has 18 heavy (non-hydrogen) atoms. The van der Waals surface area contributed by atoms with Crippen LogP contribution in [-0.4, -0.2) is 12.2 Å². The van der Waals surface area contributed by atoms with Crippen molar-refractivity contribution in [2.24, 2.45) is 5.73 Å². The Labute approximate surface area is 111 Å². The van der Waals surface area contributed by atoms with Crippen molar-refractivity contribution in [3.63, 3.8) is 0 Å². The van der Waals surface area contributed by atoms with E-state index in [0.717, 1.165) is 30.6 Å². The maximum absolute atomic E-state index is 6.29. The average molecular weight is 266 g/mol. The van der Waals surface area contributed by atoms with Crippen LogP contribution in [-0.2, 0) is 4.74 Å². The van der Waals surface area contributed by atoms with Crippen LogP contribution in [0.15, 0.2) is 28.7 Å². The number of rotatable bonds is 2. The molecule has 1 fully saturated rings. The van der Waals surface area contributed by atoms with Crippen LogP contribution in [0, 0.1) is 0 Å². The Morgan fingerprint density at radius 2 is 2.28 bits per heavy atom. The molecule has 1 aromatic carbocycles. The number of furan rings is 1. The van der Waals surface area contributed by atoms with E-state index in [1.165, 1.54) is 0 Å². The third-order valence-electron chi connectivity index (χ3n) is 3.73. The van der Waals surface area contributed by atoms with Crippen molar-refractivity contribution < 1.29 is 9.15 Å². The number of para-hydroxylation sites is 1. The fourth-order valence-corrected chi connectivity index (χ4v) is 2.77. The Balaban J connectivity index is 2.01. The molecular weight excluding hydrogens is 250 g/mol. The van der Waals surface area contributed by atoms with E-state index in [1.54, 1.807) is 0 Å². The van der Waals surface area contributed by atoms with E-state index in [1.807, 2.05) is 31.2 Å². The van der Waals surface area contributed by atoms with E-state index in [0.29, 0.717) is 10.6 Å². The summed E-state index contributed by atoms with van der Waals surface area (Å²) >= 11 is 6.10. The molecule has 0 spiro atoms. The second-order valence-electron chi connectivity index (χ2n) is 5.05. The van der Waals surface area contributed by atoms with Crippen molar-refractivity contribution in [3.8, 4) is 0 Å². The number of hydrogen-bond donors (Lipinski definition) is 1. The summed E-state index contributed by atoms with van der Waals surface area (Å²) in [5.41, 5.74) is 6.65. The average Bonchev–Trinajstić information content (AvgIpc) is 2.96. The van der Waals surface area contributed by atoms with E-state index in [9.17, 15) is 0 Å². The monoisotopic (exact) mass is 265 g/mol. The van der Waals surface area contributed by atoms with Crippen molar-refractivity contribution in [1.82, 2.24) is 0 Å². The van der Waals surface area contributed by atoms with Crippen LogP contribution < -0.4 is 5.73 Å². The van der Waals surface area contributed by atoms with Gasteiger partial charge < -0.3 is 14.9 Å². The van der Waals surface area contributed by atoms with Gasteiger partial charge in [-0.25, -0.2) is 0 Å². The normalized spacial score (nSPS) is 25.7. The number of nitrogens with two attached hydrogens (primary N) is 1. The summed E-state index contributed by atoms with van der Waals surface area (Å²) < 4.78 is 11.6. The van der Waals surface area contributed by atoms with Crippen LogP contribution in [0.2, 0.25) is 5.02 Å². The maximum Gasteiger partial charge on any atom is 0.152 e. The molecule has 0 radical (unpaired) electrons. The largest absolute Gasteiger partial charge is 0.458 e. The van der Waals surface area contributed by atoms with Gasteiger partial charge >= 0.3 is 0 Å². The van der Waals surface area contributed by atoms with Crippen molar-refractivity contribution in [3.05, 3.63) is 35.0 Å². The van der Waals surface area contributed by atoms with Crippen LogP contribution in [0.1, 0.15) is 31.6 Å². The molecule has 0 amide bonds. The molecule has 0 saturated carbocycles. The van der Waals surface area contributed by atoms with Crippen LogP contribution in [0.25, 0.3) is 11.0 Å². The van der Waals surface area contributed by atoms with Gasteiger partial charge in [-0.2, -0.15) is 0 Å². The summed E-state index contributed by atoms with van der Waals surface area (Å²) in [6.45, 7) is 2.81. The third kappa shape index (κ3) is 1.83. The second kappa shape index (κ2) is 4.26. The minimum absolute atomic E-state index is 0.261. The van der Waals surface area contributed by atoms with Crippen LogP contribution in [0.5, 0.6) is 0 Å². The van der Waals surface area contributed by atoms with E-state index in [4.69, 9.17) is 26.5 Å². The molecule has 0 aliphatic carbocycles. The Morgan fingerprint density at radius 1 is 1.44 bits per heavy atom. The highest BCUT2D eigenvalue weighted by molar-refractivity contribution is 6.34. The van der Waals surface area contributed by atoms with Gasteiger partial charge in [-0.1, -0.05) is 23.7 Å². The summed E-state index contributed by atoms with van der Waals surface area (Å²) in [7, 11) is 0. The lowest BCUT2D eigenvalue weighted by Crippen LogP contribution is -2.37. The molecule has 1 aliphatic heterocycles. The smallest absolute Gasteiger partial charge is 0.152 e. The number of ether oxygens (including phenoxy) is 1. The first-order valence-electron chi connectivity index (χ1n) is 6.18. The first-order valence-corrected chi connectivity index (χ1v) is 6.55. The molecule has 2 aromatic rings. The van der Waals surface area contributed by atoms with Gasteiger partial charge in [0.05, 0.1) is 16.7 Å². The van der Waals surface area contributed by atoms with Gasteiger partial charge in [0.2, 0.25) is 0 Å². The number of fused-ring (bicyclic) bond motifs is 1. The highest BCUT2D eigenvalue weighted by atomic mass is 35.5. The molecule has 1 aliphatic rings. The zero-order chi connectivity index (χ0) is 12.8. The van der Waals surface area contributed by atoms with Crippen molar-refractivity contribution in [2.75, 3.05) is 6.61 Å². The highest BCUT2D eigenvalue weighted by Gasteiger charge is 2.38. The van der Waals surface area contributed by atoms with Gasteiger partial charge in [-0.05, 0) is 31.9 Å². The molecule has 2 N–H and O–H groups in total. The Kier molecular flexibility index (Phi) is 2.85. The minimum Gasteiger partial charge on any atom is -0.458 e. The van der Waals surface area contributed by atoms with Crippen LogP contribution in [0.3, 0.4) is 0 Å². The first kappa shape index (κ1) is 12.0. The molecule has 0 bridgehead atoms. The zero-order valence-corrected chi connectivity index (χ0v) is 11.0. The third-order valence-corrected chi connectivity index (χ3v) is 4.03. The fraction of sp³-hybridized carbons (Fsp3) is 0.429. The molecule has 3 nitrogen and oxygen atoms in total. The first-order chi connectivity index (χ1) is 8.60. The number of halogens is 1. The molecule has 1 saturated heterocycles. The van der Waals surface area contributed by atoms with Gasteiger partial charge in [0.25, 0.3) is 0 Å². The molecule has 96 valence electrons. The van der Waals surface area contributed by atoms with Gasteiger partial charge in [0.1, 0.15) is 5.76 Å². The van der Waals surface area contributed by atoms with Gasteiger partial charge in [0.15, 0.2) is 5.58 Å². The molecule has 2 atom stereocenters. The van der Waals surface area contributed by atoms with Gasteiger partial charge in [0, 0.05) is 12.0 Å². The lowest BCUT2D eigenvalue weighted by molar-refractivity contribution is -0.00648. The Hall–Kier alpha value is -1.03. The predicted molar refractivity (Wildman–Crippen MR) is 71.7 cm³/mol. The fourth-order valence-electron chi connectivity index (χ4n) is 2.55. The lowest BCUT2D eigenvalue weighted by atomic mass is 9.92. The summed E-state index contributed by atoms with van der Waals surface area (Å²) in [6.07, 6.45) is 2.00. The van der Waals surface area contributed by atoms with E-state index >= 15 is 0 Å². The zero-order valence-electron chi connectivity index (χ0n) is 10.3. The summed E-state index contributed by atoms with van der Waals surface area (Å²) in [5.74, 6) is 0.738. The lowest BCUT2D eigenvalue weighted by Gasteiger charge is -2.28. The number of benzene rings is 1. The van der Waals surface area contributed by atoms with Crippen molar-refractivity contribution >= 4 is 22.6 Å². The summed E-state index contributed by atoms with van der Waals surface area (Å²) in [6, 6.07) is 7.39. The predicted octanol–water partition coefficient (Wildman–Crippen LogP) is 3.66. The van der Waals surface area contributed by atoms with Crippen molar-refractivity contribution in [1.29, 1.82) is 0 Å². The molecule has 2 unspecified atom stereocenters. The Bertz CT molecular complexity index is 572. The van der Waals surface area contributed by atoms with E-state index in [-0.39, 0.29) is 11.6 Å². The van der Waals surface area contributed by atoms with Crippen LogP contribution in [0.4, 0.5) is 0 Å².